The van der Waals surface area contributed by atoms with Crippen LogP contribution in [0.5, 0.6) is 0 Å². The molecule has 1 aliphatic rings. The minimum Gasteiger partial charge on any atom is -1.00 e. The summed E-state index contributed by atoms with van der Waals surface area (Å²) in [6, 6.07) is 10.3. The number of likely N-dealkylation sites (tertiary alicyclic amines) is 1. The van der Waals surface area contributed by atoms with Gasteiger partial charge in [0.25, 0.3) is 0 Å². The average molecular weight is 264 g/mol. The monoisotopic (exact) mass is 263 g/mol. The lowest BCUT2D eigenvalue weighted by Crippen LogP contribution is -3.14. The first kappa shape index (κ1) is 15.1. The molecule has 0 radical (unpaired) electrons. The molecular formula is C16H22ClN. The maximum absolute atomic E-state index is 3.33. The summed E-state index contributed by atoms with van der Waals surface area (Å²) in [5, 5.41) is 0. The van der Waals surface area contributed by atoms with Crippen LogP contribution in [-0.4, -0.2) is 19.6 Å². The molecule has 98 valence electrons. The highest BCUT2D eigenvalue weighted by Gasteiger charge is 2.23. The van der Waals surface area contributed by atoms with Crippen LogP contribution >= 0.6 is 0 Å². The maximum Gasteiger partial charge on any atom is 0.139 e. The minimum atomic E-state index is 0. The molecule has 0 spiro atoms. The van der Waals surface area contributed by atoms with Gasteiger partial charge < -0.3 is 17.3 Å². The highest BCUT2D eigenvalue weighted by Crippen LogP contribution is 2.11. The van der Waals surface area contributed by atoms with Crippen molar-refractivity contribution in [1.82, 2.24) is 0 Å². The molecule has 0 aromatic heterocycles. The fraction of sp³-hybridized carbons (Fsp3) is 0.500. The van der Waals surface area contributed by atoms with Gasteiger partial charge in [-0.3, -0.25) is 0 Å². The van der Waals surface area contributed by atoms with Gasteiger partial charge in [0, 0.05) is 17.4 Å². The van der Waals surface area contributed by atoms with Gasteiger partial charge in [-0.1, -0.05) is 38.0 Å². The van der Waals surface area contributed by atoms with Crippen LogP contribution in [0, 0.1) is 23.7 Å². The van der Waals surface area contributed by atoms with Crippen molar-refractivity contribution in [1.29, 1.82) is 0 Å². The van der Waals surface area contributed by atoms with Crippen molar-refractivity contribution >= 4 is 0 Å². The zero-order valence-corrected chi connectivity index (χ0v) is 12.0. The van der Waals surface area contributed by atoms with E-state index in [4.69, 9.17) is 0 Å². The summed E-state index contributed by atoms with van der Waals surface area (Å²) in [5.74, 6) is 8.28. The van der Waals surface area contributed by atoms with Gasteiger partial charge in [0.05, 0.1) is 13.1 Å². The topological polar surface area (TPSA) is 4.44 Å². The number of nitrogens with one attached hydrogen (secondary N) is 1. The Hall–Kier alpha value is -0.970. The highest BCUT2D eigenvalue weighted by molar-refractivity contribution is 5.33. The maximum atomic E-state index is 3.33. The first-order valence-electron chi connectivity index (χ1n) is 6.61. The molecular weight excluding hydrogens is 242 g/mol. The molecule has 1 N–H and O–H groups in total. The second-order valence-electron chi connectivity index (χ2n) is 5.45. The smallest absolute Gasteiger partial charge is 0.139 e. The van der Waals surface area contributed by atoms with E-state index in [-0.39, 0.29) is 12.4 Å². The van der Waals surface area contributed by atoms with E-state index in [1.807, 2.05) is 18.2 Å². The Morgan fingerprint density at radius 1 is 1.11 bits per heavy atom. The van der Waals surface area contributed by atoms with Crippen LogP contribution in [0.25, 0.3) is 0 Å². The van der Waals surface area contributed by atoms with Crippen LogP contribution in [-0.2, 0) is 0 Å². The highest BCUT2D eigenvalue weighted by atomic mass is 35.5. The van der Waals surface area contributed by atoms with Crippen molar-refractivity contribution in [2.24, 2.45) is 11.8 Å². The van der Waals surface area contributed by atoms with E-state index in [2.05, 4.69) is 37.8 Å². The van der Waals surface area contributed by atoms with Crippen molar-refractivity contribution < 1.29 is 17.3 Å². The molecule has 0 saturated carbocycles. The summed E-state index contributed by atoms with van der Waals surface area (Å²) in [5.41, 5.74) is 1.13. The van der Waals surface area contributed by atoms with Crippen LogP contribution in [0.3, 0.4) is 0 Å². The number of halogens is 1. The van der Waals surface area contributed by atoms with Gasteiger partial charge in [0.1, 0.15) is 6.54 Å². The van der Waals surface area contributed by atoms with Gasteiger partial charge in [0.15, 0.2) is 0 Å². The van der Waals surface area contributed by atoms with E-state index in [0.717, 1.165) is 23.9 Å². The minimum absolute atomic E-state index is 0. The second-order valence-corrected chi connectivity index (χ2v) is 5.45. The molecule has 1 heterocycles. The molecule has 1 aliphatic heterocycles. The molecule has 1 aromatic carbocycles. The molecule has 0 bridgehead atoms. The number of hydrogen-bond donors (Lipinski definition) is 1. The molecule has 0 aliphatic carbocycles. The van der Waals surface area contributed by atoms with Crippen LogP contribution in [0.1, 0.15) is 25.8 Å². The zero-order chi connectivity index (χ0) is 12.1. The Morgan fingerprint density at radius 3 is 2.33 bits per heavy atom. The molecule has 0 amide bonds. The average Bonchev–Trinajstić information content (AvgIpc) is 2.29. The van der Waals surface area contributed by atoms with Crippen molar-refractivity contribution in [3.05, 3.63) is 35.9 Å². The van der Waals surface area contributed by atoms with E-state index in [1.54, 1.807) is 4.90 Å². The zero-order valence-electron chi connectivity index (χ0n) is 11.2. The van der Waals surface area contributed by atoms with E-state index >= 15 is 0 Å². The summed E-state index contributed by atoms with van der Waals surface area (Å²) in [6.45, 7) is 8.28. The van der Waals surface area contributed by atoms with Crippen LogP contribution < -0.4 is 17.3 Å². The predicted octanol–water partition coefficient (Wildman–Crippen LogP) is -1.40. The van der Waals surface area contributed by atoms with E-state index in [1.165, 1.54) is 19.5 Å². The molecule has 0 unspecified atom stereocenters. The third kappa shape index (κ3) is 4.72. The lowest BCUT2D eigenvalue weighted by atomic mass is 9.92. The Balaban J connectivity index is 0.00000162. The predicted molar refractivity (Wildman–Crippen MR) is 71.8 cm³/mol. The van der Waals surface area contributed by atoms with Crippen molar-refractivity contribution in [3.63, 3.8) is 0 Å². The van der Waals surface area contributed by atoms with Crippen molar-refractivity contribution in [2.75, 3.05) is 19.6 Å². The van der Waals surface area contributed by atoms with Gasteiger partial charge in [-0.25, -0.2) is 0 Å². The van der Waals surface area contributed by atoms with Gasteiger partial charge in [-0.05, 0) is 24.5 Å². The number of benzene rings is 1. The van der Waals surface area contributed by atoms with Gasteiger partial charge >= 0.3 is 0 Å². The second kappa shape index (κ2) is 7.46. The molecule has 2 atom stereocenters. The fourth-order valence-electron chi connectivity index (χ4n) is 2.86. The largest absolute Gasteiger partial charge is 1.00 e. The summed E-state index contributed by atoms with van der Waals surface area (Å²) >= 11 is 0. The molecule has 1 fully saturated rings. The molecule has 18 heavy (non-hydrogen) atoms. The quantitative estimate of drug-likeness (QED) is 0.595. The summed E-state index contributed by atoms with van der Waals surface area (Å²) in [4.78, 5) is 1.65. The number of piperidine rings is 1. The van der Waals surface area contributed by atoms with Crippen LogP contribution in [0.4, 0.5) is 0 Å². The summed E-state index contributed by atoms with van der Waals surface area (Å²) in [6.07, 6.45) is 1.38. The Morgan fingerprint density at radius 2 is 1.72 bits per heavy atom. The standard InChI is InChI=1S/C16H21N.ClH/c1-14-11-15(2)13-17(12-14)10-6-9-16-7-4-3-5-8-16;/h3-5,7-8,14-15H,10-13H2,1-2H3;1H/t14-,15-;/m0./s1. The fourth-order valence-corrected chi connectivity index (χ4v) is 2.86. The molecule has 2 rings (SSSR count). The van der Waals surface area contributed by atoms with Crippen molar-refractivity contribution in [3.8, 4) is 11.8 Å². The van der Waals surface area contributed by atoms with Gasteiger partial charge in [0.2, 0.25) is 0 Å². The molecule has 1 aromatic rings. The molecule has 1 nitrogen and oxygen atoms in total. The normalized spacial score (nSPS) is 26.7. The number of hydrogen-bond acceptors (Lipinski definition) is 0. The summed E-state index contributed by atoms with van der Waals surface area (Å²) < 4.78 is 0. The lowest BCUT2D eigenvalue weighted by molar-refractivity contribution is -0.905. The number of rotatable bonds is 1. The third-order valence-corrected chi connectivity index (χ3v) is 3.42. The van der Waals surface area contributed by atoms with E-state index in [0.29, 0.717) is 0 Å². The lowest BCUT2D eigenvalue weighted by Gasteiger charge is -2.30. The van der Waals surface area contributed by atoms with Crippen LogP contribution in [0.2, 0.25) is 0 Å². The Bertz CT molecular complexity index is 394. The third-order valence-electron chi connectivity index (χ3n) is 3.42. The Labute approximate surface area is 117 Å². The summed E-state index contributed by atoms with van der Waals surface area (Å²) in [7, 11) is 0. The van der Waals surface area contributed by atoms with E-state index in [9.17, 15) is 0 Å². The molecule has 2 heteroatoms. The van der Waals surface area contributed by atoms with Crippen molar-refractivity contribution in [2.45, 2.75) is 20.3 Å². The Kier molecular flexibility index (Phi) is 6.25. The molecule has 1 saturated heterocycles. The van der Waals surface area contributed by atoms with Gasteiger partial charge in [-0.2, -0.15) is 0 Å². The first-order valence-corrected chi connectivity index (χ1v) is 6.61. The van der Waals surface area contributed by atoms with Crippen LogP contribution in [0.15, 0.2) is 30.3 Å². The first-order chi connectivity index (χ1) is 8.24. The van der Waals surface area contributed by atoms with Gasteiger partial charge in [-0.15, -0.1) is 0 Å². The number of quaternary nitrogens is 1. The SMILES string of the molecule is C[C@H]1C[C@H](C)C[NH+](CC#Cc2ccccc2)C1.[Cl-]. The van der Waals surface area contributed by atoms with E-state index < -0.39 is 0 Å².